The normalized spacial score (nSPS) is 15.1. The SMILES string of the molecule is Cc1ccc(NC(=O)[C@@H]2CC(=O)Nc3nc(Nc4ccc(Cl)cc4)[nH]c(=O)c32)c(C)c1. The van der Waals surface area contributed by atoms with Crippen molar-refractivity contribution in [1.29, 1.82) is 0 Å². The number of rotatable bonds is 4. The molecule has 0 saturated heterocycles. The van der Waals surface area contributed by atoms with Crippen LogP contribution in [0.25, 0.3) is 0 Å². The number of fused-ring (bicyclic) bond motifs is 1. The molecule has 0 unspecified atom stereocenters. The fourth-order valence-electron chi connectivity index (χ4n) is 3.50. The minimum Gasteiger partial charge on any atom is -0.326 e. The Bertz CT molecular complexity index is 1240. The number of anilines is 4. The van der Waals surface area contributed by atoms with Gasteiger partial charge in [-0.1, -0.05) is 29.3 Å². The summed E-state index contributed by atoms with van der Waals surface area (Å²) in [5, 5.41) is 8.95. The lowest BCUT2D eigenvalue weighted by molar-refractivity contribution is -0.123. The first-order valence-corrected chi connectivity index (χ1v) is 10.0. The van der Waals surface area contributed by atoms with Crippen LogP contribution in [0, 0.1) is 13.8 Å². The molecule has 0 spiro atoms. The largest absolute Gasteiger partial charge is 0.326 e. The Hall–Kier alpha value is -3.65. The summed E-state index contributed by atoms with van der Waals surface area (Å²) in [6, 6.07) is 12.5. The molecule has 2 heterocycles. The van der Waals surface area contributed by atoms with Crippen LogP contribution in [0.5, 0.6) is 0 Å². The second kappa shape index (κ2) is 8.23. The number of nitrogens with one attached hydrogen (secondary N) is 4. The number of carbonyl (C=O) groups is 2. The lowest BCUT2D eigenvalue weighted by atomic mass is 9.92. The van der Waals surface area contributed by atoms with E-state index in [9.17, 15) is 14.4 Å². The summed E-state index contributed by atoms with van der Waals surface area (Å²) in [5.74, 6) is -1.57. The number of carbonyl (C=O) groups excluding carboxylic acids is 2. The number of aromatic amines is 1. The molecule has 4 N–H and O–H groups in total. The number of benzene rings is 2. The number of hydrogen-bond donors (Lipinski definition) is 4. The van der Waals surface area contributed by atoms with Crippen LogP contribution in [0.15, 0.2) is 47.3 Å². The van der Waals surface area contributed by atoms with Gasteiger partial charge in [0.05, 0.1) is 11.5 Å². The van der Waals surface area contributed by atoms with E-state index in [0.717, 1.165) is 11.1 Å². The molecule has 3 aromatic rings. The van der Waals surface area contributed by atoms with E-state index in [1.807, 2.05) is 26.0 Å². The molecule has 2 aromatic carbocycles. The molecule has 1 atom stereocenters. The van der Waals surface area contributed by atoms with Gasteiger partial charge in [0.15, 0.2) is 0 Å². The zero-order valence-electron chi connectivity index (χ0n) is 16.9. The van der Waals surface area contributed by atoms with E-state index in [1.165, 1.54) is 0 Å². The molecular formula is C22H20ClN5O3. The molecule has 158 valence electrons. The number of aromatic nitrogens is 2. The summed E-state index contributed by atoms with van der Waals surface area (Å²) in [7, 11) is 0. The van der Waals surface area contributed by atoms with Gasteiger partial charge >= 0.3 is 0 Å². The fourth-order valence-corrected chi connectivity index (χ4v) is 3.62. The quantitative estimate of drug-likeness (QED) is 0.494. The van der Waals surface area contributed by atoms with Gasteiger partial charge in [-0.25, -0.2) is 0 Å². The van der Waals surface area contributed by atoms with Crippen LogP contribution in [-0.2, 0) is 9.59 Å². The van der Waals surface area contributed by atoms with E-state index in [2.05, 4.69) is 25.9 Å². The van der Waals surface area contributed by atoms with Crippen molar-refractivity contribution in [3.63, 3.8) is 0 Å². The molecule has 0 aliphatic carbocycles. The van der Waals surface area contributed by atoms with Crippen LogP contribution in [0.4, 0.5) is 23.1 Å². The molecule has 0 radical (unpaired) electrons. The molecular weight excluding hydrogens is 418 g/mol. The smallest absolute Gasteiger partial charge is 0.258 e. The topological polar surface area (TPSA) is 116 Å². The van der Waals surface area contributed by atoms with Crippen LogP contribution in [0.1, 0.15) is 29.0 Å². The summed E-state index contributed by atoms with van der Waals surface area (Å²) < 4.78 is 0. The highest BCUT2D eigenvalue weighted by molar-refractivity contribution is 6.30. The van der Waals surface area contributed by atoms with Crippen molar-refractivity contribution < 1.29 is 9.59 Å². The molecule has 8 nitrogen and oxygen atoms in total. The average molecular weight is 438 g/mol. The monoisotopic (exact) mass is 437 g/mol. The maximum absolute atomic E-state index is 13.0. The second-order valence-corrected chi connectivity index (χ2v) is 7.86. The van der Waals surface area contributed by atoms with Crippen LogP contribution in [0.3, 0.4) is 0 Å². The summed E-state index contributed by atoms with van der Waals surface area (Å²) >= 11 is 5.89. The Morgan fingerprint density at radius 2 is 1.87 bits per heavy atom. The first kappa shape index (κ1) is 20.6. The average Bonchev–Trinajstić information content (AvgIpc) is 2.71. The lowest BCUT2D eigenvalue weighted by Crippen LogP contribution is -2.36. The van der Waals surface area contributed by atoms with Gasteiger partial charge in [-0.3, -0.25) is 19.4 Å². The number of amides is 2. The van der Waals surface area contributed by atoms with Crippen LogP contribution >= 0.6 is 11.6 Å². The summed E-state index contributed by atoms with van der Waals surface area (Å²) in [5.41, 5.74) is 2.88. The van der Waals surface area contributed by atoms with Crippen LogP contribution in [0.2, 0.25) is 5.02 Å². The van der Waals surface area contributed by atoms with E-state index >= 15 is 0 Å². The highest BCUT2D eigenvalue weighted by Gasteiger charge is 2.35. The maximum atomic E-state index is 13.0. The number of halogens is 1. The molecule has 0 saturated carbocycles. The molecule has 2 amide bonds. The second-order valence-electron chi connectivity index (χ2n) is 7.42. The minimum absolute atomic E-state index is 0.0669. The zero-order chi connectivity index (χ0) is 22.1. The van der Waals surface area contributed by atoms with Crippen molar-refractivity contribution in [3.8, 4) is 0 Å². The van der Waals surface area contributed by atoms with Crippen LogP contribution in [-0.4, -0.2) is 21.8 Å². The van der Waals surface area contributed by atoms with Gasteiger partial charge in [-0.15, -0.1) is 0 Å². The number of nitrogens with zero attached hydrogens (tertiary/aromatic N) is 1. The van der Waals surface area contributed by atoms with Gasteiger partial charge in [-0.05, 0) is 49.7 Å². The Morgan fingerprint density at radius 3 is 2.58 bits per heavy atom. The van der Waals surface area contributed by atoms with Crippen LogP contribution < -0.4 is 21.5 Å². The third-order valence-corrected chi connectivity index (χ3v) is 5.27. The van der Waals surface area contributed by atoms with Gasteiger partial charge in [0.25, 0.3) is 5.56 Å². The predicted molar refractivity (Wildman–Crippen MR) is 120 cm³/mol. The minimum atomic E-state index is -0.953. The highest BCUT2D eigenvalue weighted by atomic mass is 35.5. The molecule has 1 aliphatic rings. The fraction of sp³-hybridized carbons (Fsp3) is 0.182. The van der Waals surface area contributed by atoms with Crippen molar-refractivity contribution in [2.45, 2.75) is 26.2 Å². The van der Waals surface area contributed by atoms with E-state index in [0.29, 0.717) is 16.4 Å². The van der Waals surface area contributed by atoms with Gasteiger partial charge < -0.3 is 16.0 Å². The maximum Gasteiger partial charge on any atom is 0.258 e. The number of hydrogen-bond acceptors (Lipinski definition) is 5. The summed E-state index contributed by atoms with van der Waals surface area (Å²) in [6.45, 7) is 3.84. The van der Waals surface area contributed by atoms with Crippen molar-refractivity contribution in [2.75, 3.05) is 16.0 Å². The first-order chi connectivity index (χ1) is 14.8. The molecule has 4 rings (SSSR count). The standard InChI is InChI=1S/C22H20ClN5O3/c1-11-3-8-16(12(2)9-11)25-20(30)15-10-17(29)26-19-18(15)21(31)28-22(27-19)24-14-6-4-13(23)5-7-14/h3-9,15H,10H2,1-2H3,(H,25,30)(H3,24,26,27,28,29,31)/t15-/m1/s1. The molecule has 1 aromatic heterocycles. The third-order valence-electron chi connectivity index (χ3n) is 5.01. The summed E-state index contributed by atoms with van der Waals surface area (Å²) in [6.07, 6.45) is -0.140. The Labute approximate surface area is 183 Å². The van der Waals surface area contributed by atoms with E-state index in [-0.39, 0.29) is 29.7 Å². The van der Waals surface area contributed by atoms with E-state index in [4.69, 9.17) is 11.6 Å². The summed E-state index contributed by atoms with van der Waals surface area (Å²) in [4.78, 5) is 45.0. The van der Waals surface area contributed by atoms with Crippen molar-refractivity contribution in [3.05, 3.63) is 74.5 Å². The van der Waals surface area contributed by atoms with Crippen molar-refractivity contribution >= 4 is 46.6 Å². The number of aryl methyl sites for hydroxylation is 2. The van der Waals surface area contributed by atoms with Gasteiger partial charge in [0, 0.05) is 22.8 Å². The molecule has 1 aliphatic heterocycles. The Balaban J connectivity index is 1.64. The zero-order valence-corrected chi connectivity index (χ0v) is 17.6. The van der Waals surface area contributed by atoms with Gasteiger partial charge in [0.2, 0.25) is 17.8 Å². The van der Waals surface area contributed by atoms with E-state index in [1.54, 1.807) is 30.3 Å². The molecule has 0 fully saturated rings. The van der Waals surface area contributed by atoms with Gasteiger partial charge in [-0.2, -0.15) is 4.98 Å². The molecule has 9 heteroatoms. The molecule has 0 bridgehead atoms. The van der Waals surface area contributed by atoms with Gasteiger partial charge in [0.1, 0.15) is 5.82 Å². The first-order valence-electron chi connectivity index (χ1n) is 9.65. The lowest BCUT2D eigenvalue weighted by Gasteiger charge is -2.24. The predicted octanol–water partition coefficient (Wildman–Crippen LogP) is 3.85. The molecule has 31 heavy (non-hydrogen) atoms. The third kappa shape index (κ3) is 4.44. The highest BCUT2D eigenvalue weighted by Crippen LogP contribution is 2.30. The van der Waals surface area contributed by atoms with E-state index < -0.39 is 17.4 Å². The van der Waals surface area contributed by atoms with Crippen molar-refractivity contribution in [2.24, 2.45) is 0 Å². The Morgan fingerprint density at radius 1 is 1.13 bits per heavy atom. The number of H-pyrrole nitrogens is 1. The van der Waals surface area contributed by atoms with Crippen molar-refractivity contribution in [1.82, 2.24) is 9.97 Å². The Kier molecular flexibility index (Phi) is 5.48.